The predicted molar refractivity (Wildman–Crippen MR) is 160 cm³/mol. The maximum absolute atomic E-state index is 13.2. The van der Waals surface area contributed by atoms with Gasteiger partial charge in [0.1, 0.15) is 5.75 Å². The Hall–Kier alpha value is -4.63. The Morgan fingerprint density at radius 2 is 1.61 bits per heavy atom. The molecule has 0 aromatic heterocycles. The number of hydrogen-bond acceptors (Lipinski definition) is 5. The van der Waals surface area contributed by atoms with Crippen LogP contribution in [0.25, 0.3) is 0 Å². The minimum atomic E-state index is -3.70. The van der Waals surface area contributed by atoms with Crippen LogP contribution in [-0.4, -0.2) is 40.9 Å². The van der Waals surface area contributed by atoms with Gasteiger partial charge in [-0.25, -0.2) is 8.42 Å². The van der Waals surface area contributed by atoms with Crippen LogP contribution in [0.1, 0.15) is 27.0 Å². The van der Waals surface area contributed by atoms with Gasteiger partial charge < -0.3 is 15.0 Å². The minimum Gasteiger partial charge on any atom is -0.497 e. The van der Waals surface area contributed by atoms with E-state index in [1.807, 2.05) is 25.1 Å². The second kappa shape index (κ2) is 11.5. The Morgan fingerprint density at radius 1 is 0.927 bits per heavy atom. The second-order valence-electron chi connectivity index (χ2n) is 9.96. The number of sulfonamides is 1. The fourth-order valence-corrected chi connectivity index (χ4v) is 5.97. The molecule has 41 heavy (non-hydrogen) atoms. The number of aryl methyl sites for hydroxylation is 1. The number of ether oxygens (including phenoxy) is 1. The lowest BCUT2D eigenvalue weighted by Gasteiger charge is -2.20. The smallest absolute Gasteiger partial charge is 0.264 e. The molecule has 0 saturated carbocycles. The summed E-state index contributed by atoms with van der Waals surface area (Å²) in [5, 5.41) is 2.92. The van der Waals surface area contributed by atoms with Crippen molar-refractivity contribution in [2.45, 2.75) is 24.7 Å². The highest BCUT2D eigenvalue weighted by molar-refractivity contribution is 7.92. The van der Waals surface area contributed by atoms with Crippen molar-refractivity contribution in [2.75, 3.05) is 35.2 Å². The van der Waals surface area contributed by atoms with E-state index in [1.54, 1.807) is 84.8 Å². The number of carbonyl (C=O) groups excluding carboxylic acids is 2. The Bertz CT molecular complexity index is 1680. The summed E-state index contributed by atoms with van der Waals surface area (Å²) in [4.78, 5) is 28.0. The number of carbonyl (C=O) groups is 2. The fourth-order valence-electron chi connectivity index (χ4n) is 4.78. The molecule has 0 fully saturated rings. The molecule has 1 aliphatic rings. The third-order valence-electron chi connectivity index (χ3n) is 7.19. The van der Waals surface area contributed by atoms with Crippen LogP contribution in [0.3, 0.4) is 0 Å². The quantitative estimate of drug-likeness (QED) is 0.314. The van der Waals surface area contributed by atoms with E-state index in [0.717, 1.165) is 28.8 Å². The van der Waals surface area contributed by atoms with Crippen LogP contribution in [0, 0.1) is 6.92 Å². The summed E-state index contributed by atoms with van der Waals surface area (Å²) in [7, 11) is -0.614. The topological polar surface area (TPSA) is 96.0 Å². The number of fused-ring (bicyclic) bond motifs is 1. The van der Waals surface area contributed by atoms with E-state index in [-0.39, 0.29) is 23.1 Å². The Kier molecular flexibility index (Phi) is 7.81. The molecule has 0 unspecified atom stereocenters. The largest absolute Gasteiger partial charge is 0.497 e. The lowest BCUT2D eigenvalue weighted by Crippen LogP contribution is -2.28. The molecule has 4 aromatic carbocycles. The van der Waals surface area contributed by atoms with E-state index in [9.17, 15) is 18.0 Å². The highest BCUT2D eigenvalue weighted by Gasteiger charge is 2.26. The summed E-state index contributed by atoms with van der Waals surface area (Å²) in [6, 6.07) is 26.2. The number of nitrogens with one attached hydrogen (secondary N) is 1. The fraction of sp³-hybridized carbons (Fsp3) is 0.188. The van der Waals surface area contributed by atoms with Crippen molar-refractivity contribution in [1.29, 1.82) is 0 Å². The van der Waals surface area contributed by atoms with Crippen molar-refractivity contribution in [3.8, 4) is 5.75 Å². The summed E-state index contributed by atoms with van der Waals surface area (Å²) in [6.45, 7) is 2.47. The molecule has 1 heterocycles. The summed E-state index contributed by atoms with van der Waals surface area (Å²) in [6.07, 6.45) is 0.853. The molecular weight excluding hydrogens is 538 g/mol. The first-order chi connectivity index (χ1) is 19.7. The van der Waals surface area contributed by atoms with Crippen LogP contribution >= 0.6 is 0 Å². The van der Waals surface area contributed by atoms with Gasteiger partial charge in [0.2, 0.25) is 5.91 Å². The number of anilines is 3. The molecule has 0 aliphatic carbocycles. The molecule has 0 spiro atoms. The van der Waals surface area contributed by atoms with E-state index in [0.29, 0.717) is 29.2 Å². The van der Waals surface area contributed by atoms with E-state index >= 15 is 0 Å². The zero-order valence-corrected chi connectivity index (χ0v) is 23.9. The first-order valence-corrected chi connectivity index (χ1v) is 14.6. The van der Waals surface area contributed by atoms with Crippen LogP contribution in [0.15, 0.2) is 95.9 Å². The molecule has 0 radical (unpaired) electrons. The second-order valence-corrected chi connectivity index (χ2v) is 11.9. The van der Waals surface area contributed by atoms with Gasteiger partial charge in [-0.05, 0) is 85.1 Å². The van der Waals surface area contributed by atoms with Crippen molar-refractivity contribution >= 4 is 38.9 Å². The molecule has 1 aliphatic heterocycles. The SMILES string of the molecule is COc1ccc(C(=O)N2CCc3ccc(NC(=O)Cc4ccc(N(C)S(=O)(=O)c5ccc(C)cc5)cc4)cc32)cc1. The molecule has 4 aromatic rings. The van der Waals surface area contributed by atoms with Gasteiger partial charge in [0.15, 0.2) is 0 Å². The molecule has 9 heteroatoms. The van der Waals surface area contributed by atoms with Crippen molar-refractivity contribution in [1.82, 2.24) is 0 Å². The standard InChI is InChI=1S/C32H31N3O5S/c1-22-4-16-29(17-5-22)41(38,39)34(2)27-12-6-23(7-13-27)20-31(36)33-26-11-8-24-18-19-35(30(24)21-26)32(37)25-9-14-28(40-3)15-10-25/h4-17,21H,18-20H2,1-3H3,(H,33,36). The molecule has 5 rings (SSSR count). The first-order valence-electron chi connectivity index (χ1n) is 13.2. The first kappa shape index (κ1) is 27.9. The number of methoxy groups -OCH3 is 1. The number of hydrogen-bond donors (Lipinski definition) is 1. The third-order valence-corrected chi connectivity index (χ3v) is 8.99. The molecule has 0 saturated heterocycles. The zero-order valence-electron chi connectivity index (χ0n) is 23.1. The van der Waals surface area contributed by atoms with Gasteiger partial charge in [-0.3, -0.25) is 13.9 Å². The lowest BCUT2D eigenvalue weighted by atomic mass is 10.1. The molecule has 1 N–H and O–H groups in total. The van der Waals surface area contributed by atoms with E-state index in [2.05, 4.69) is 5.32 Å². The predicted octanol–water partition coefficient (Wildman–Crippen LogP) is 5.21. The number of amides is 2. The highest BCUT2D eigenvalue weighted by atomic mass is 32.2. The maximum atomic E-state index is 13.2. The minimum absolute atomic E-state index is 0.107. The van der Waals surface area contributed by atoms with E-state index < -0.39 is 10.0 Å². The summed E-state index contributed by atoms with van der Waals surface area (Å²) < 4.78 is 32.4. The molecule has 8 nitrogen and oxygen atoms in total. The zero-order chi connectivity index (χ0) is 29.1. The Morgan fingerprint density at radius 3 is 2.27 bits per heavy atom. The number of rotatable bonds is 8. The van der Waals surface area contributed by atoms with Crippen molar-refractivity contribution in [3.63, 3.8) is 0 Å². The molecule has 210 valence electrons. The summed E-state index contributed by atoms with van der Waals surface area (Å²) in [5.41, 5.74) is 5.21. The van der Waals surface area contributed by atoms with Crippen LogP contribution in [0.2, 0.25) is 0 Å². The number of benzene rings is 4. The Balaban J connectivity index is 1.24. The molecule has 0 atom stereocenters. The highest BCUT2D eigenvalue weighted by Crippen LogP contribution is 2.32. The summed E-state index contributed by atoms with van der Waals surface area (Å²) >= 11 is 0. The summed E-state index contributed by atoms with van der Waals surface area (Å²) in [5.74, 6) is 0.357. The van der Waals surface area contributed by atoms with Gasteiger partial charge in [0.05, 0.1) is 24.1 Å². The molecule has 0 bridgehead atoms. The number of nitrogens with zero attached hydrogens (tertiary/aromatic N) is 2. The maximum Gasteiger partial charge on any atom is 0.264 e. The van der Waals surface area contributed by atoms with Crippen LogP contribution in [0.5, 0.6) is 5.75 Å². The van der Waals surface area contributed by atoms with Crippen molar-refractivity contribution < 1.29 is 22.7 Å². The van der Waals surface area contributed by atoms with Gasteiger partial charge in [-0.2, -0.15) is 0 Å². The van der Waals surface area contributed by atoms with Gasteiger partial charge in [-0.15, -0.1) is 0 Å². The van der Waals surface area contributed by atoms with Crippen LogP contribution in [-0.2, 0) is 27.7 Å². The Labute approximate surface area is 240 Å². The van der Waals surface area contributed by atoms with Gasteiger partial charge in [-0.1, -0.05) is 35.9 Å². The van der Waals surface area contributed by atoms with Gasteiger partial charge >= 0.3 is 0 Å². The third kappa shape index (κ3) is 5.95. The van der Waals surface area contributed by atoms with Crippen LogP contribution in [0.4, 0.5) is 17.1 Å². The van der Waals surface area contributed by atoms with E-state index in [4.69, 9.17) is 4.74 Å². The van der Waals surface area contributed by atoms with Crippen molar-refractivity contribution in [2.24, 2.45) is 0 Å². The molecular formula is C32H31N3O5S. The van der Waals surface area contributed by atoms with Crippen molar-refractivity contribution in [3.05, 3.63) is 113 Å². The molecule has 2 amide bonds. The van der Waals surface area contributed by atoms with E-state index in [1.165, 1.54) is 11.4 Å². The van der Waals surface area contributed by atoms with Gasteiger partial charge in [0.25, 0.3) is 15.9 Å². The lowest BCUT2D eigenvalue weighted by molar-refractivity contribution is -0.115. The monoisotopic (exact) mass is 569 g/mol. The average Bonchev–Trinajstić information content (AvgIpc) is 3.40. The average molecular weight is 570 g/mol. The normalized spacial score (nSPS) is 12.5. The van der Waals surface area contributed by atoms with Gasteiger partial charge in [0, 0.05) is 30.5 Å². The van der Waals surface area contributed by atoms with Crippen LogP contribution < -0.4 is 19.3 Å².